The molecule has 1 aromatic rings. The van der Waals surface area contributed by atoms with Gasteiger partial charge in [-0.05, 0) is 71.0 Å². The van der Waals surface area contributed by atoms with Gasteiger partial charge in [0.15, 0.2) is 0 Å². The quantitative estimate of drug-likeness (QED) is 0.834. The second-order valence-electron chi connectivity index (χ2n) is 5.30. The normalized spacial score (nSPS) is 25.4. The molecule has 0 unspecified atom stereocenters. The first-order valence-corrected chi connectivity index (χ1v) is 7.49. The van der Waals surface area contributed by atoms with Crippen molar-refractivity contribution in [2.45, 2.75) is 31.3 Å². The number of likely N-dealkylation sites (tertiary alicyclic amines) is 1. The van der Waals surface area contributed by atoms with Crippen LogP contribution < -0.4 is 0 Å². The summed E-state index contributed by atoms with van der Waals surface area (Å²) in [5.74, 6) is 0.684. The molecule has 1 aliphatic heterocycles. The van der Waals surface area contributed by atoms with Gasteiger partial charge < -0.3 is 5.11 Å². The third-order valence-electron chi connectivity index (χ3n) is 3.96. The Kier molecular flexibility index (Phi) is 3.41. The number of hydrogen-bond acceptors (Lipinski definition) is 2. The van der Waals surface area contributed by atoms with Crippen LogP contribution in [0.1, 0.15) is 29.9 Å². The smallest absolute Gasteiger partial charge is 0.0793 e. The lowest BCUT2D eigenvalue weighted by Gasteiger charge is -2.39. The Morgan fingerprint density at radius 1 is 1.35 bits per heavy atom. The van der Waals surface area contributed by atoms with Crippen LogP contribution in [0.15, 0.2) is 18.2 Å². The Balaban J connectivity index is 1.75. The van der Waals surface area contributed by atoms with E-state index in [9.17, 15) is 5.11 Å². The lowest BCUT2D eigenvalue weighted by molar-refractivity contribution is -0.00206. The molecule has 3 heteroatoms. The first kappa shape index (κ1) is 11.9. The van der Waals surface area contributed by atoms with E-state index >= 15 is 0 Å². The van der Waals surface area contributed by atoms with Crippen molar-refractivity contribution in [3.8, 4) is 0 Å². The zero-order chi connectivity index (χ0) is 11.8. The lowest BCUT2D eigenvalue weighted by Crippen LogP contribution is -2.52. The summed E-state index contributed by atoms with van der Waals surface area (Å²) in [5, 5.41) is 9.34. The number of nitrogens with zero attached hydrogens (tertiary/aromatic N) is 1. The SMILES string of the molecule is OC1CN(C[C@@H]2CCCc3cc(I)ccc32)C1. The van der Waals surface area contributed by atoms with Crippen molar-refractivity contribution < 1.29 is 5.11 Å². The van der Waals surface area contributed by atoms with E-state index in [4.69, 9.17) is 0 Å². The van der Waals surface area contributed by atoms with E-state index in [1.165, 1.54) is 22.8 Å². The number of aliphatic hydroxyl groups is 1. The predicted octanol–water partition coefficient (Wildman–Crippen LogP) is 2.39. The van der Waals surface area contributed by atoms with Crippen LogP contribution in [0.3, 0.4) is 0 Å². The number of aliphatic hydroxyl groups excluding tert-OH is 1. The molecule has 0 radical (unpaired) electrons. The van der Waals surface area contributed by atoms with Crippen LogP contribution in [0.2, 0.25) is 0 Å². The molecule has 2 aliphatic rings. The number of rotatable bonds is 2. The number of fused-ring (bicyclic) bond motifs is 1. The summed E-state index contributed by atoms with van der Waals surface area (Å²) in [6, 6.07) is 6.88. The Hall–Kier alpha value is -0.130. The summed E-state index contributed by atoms with van der Waals surface area (Å²) in [4.78, 5) is 2.38. The number of halogens is 1. The van der Waals surface area contributed by atoms with Crippen LogP contribution >= 0.6 is 22.6 Å². The van der Waals surface area contributed by atoms with E-state index in [-0.39, 0.29) is 6.10 Å². The number of β-amino-alcohol motifs (C(OH)–C–C–N with tert-alkyl or cyclic N) is 1. The van der Waals surface area contributed by atoms with Gasteiger partial charge in [0.25, 0.3) is 0 Å². The highest BCUT2D eigenvalue weighted by Crippen LogP contribution is 2.33. The van der Waals surface area contributed by atoms with Gasteiger partial charge in [0.1, 0.15) is 0 Å². The fourth-order valence-corrected chi connectivity index (χ4v) is 3.63. The topological polar surface area (TPSA) is 23.5 Å². The van der Waals surface area contributed by atoms with Crippen molar-refractivity contribution in [1.82, 2.24) is 4.90 Å². The molecule has 1 saturated heterocycles. The van der Waals surface area contributed by atoms with Gasteiger partial charge in [-0.1, -0.05) is 6.07 Å². The third-order valence-corrected chi connectivity index (χ3v) is 4.63. The van der Waals surface area contributed by atoms with Crippen LogP contribution in [-0.2, 0) is 6.42 Å². The Labute approximate surface area is 116 Å². The van der Waals surface area contributed by atoms with Crippen molar-refractivity contribution in [3.63, 3.8) is 0 Å². The number of aryl methyl sites for hydroxylation is 1. The maximum atomic E-state index is 9.34. The number of hydrogen-bond donors (Lipinski definition) is 1. The lowest BCUT2D eigenvalue weighted by atomic mass is 9.82. The van der Waals surface area contributed by atoms with E-state index in [2.05, 4.69) is 45.7 Å². The molecule has 0 spiro atoms. The standard InChI is InChI=1S/C14H18INO/c15-12-4-5-14-10(6-12)2-1-3-11(14)7-16-8-13(17)9-16/h4-6,11,13,17H,1-3,7-9H2/t11-/m0/s1. The Morgan fingerprint density at radius 3 is 2.94 bits per heavy atom. The van der Waals surface area contributed by atoms with Gasteiger partial charge in [0.2, 0.25) is 0 Å². The fraction of sp³-hybridized carbons (Fsp3) is 0.571. The van der Waals surface area contributed by atoms with Crippen LogP contribution in [0.25, 0.3) is 0 Å². The van der Waals surface area contributed by atoms with E-state index in [1.54, 1.807) is 11.1 Å². The molecule has 0 bridgehead atoms. The monoisotopic (exact) mass is 343 g/mol. The molecule has 2 nitrogen and oxygen atoms in total. The van der Waals surface area contributed by atoms with E-state index in [0.717, 1.165) is 19.6 Å². The van der Waals surface area contributed by atoms with Gasteiger partial charge in [-0.25, -0.2) is 0 Å². The molecule has 1 N–H and O–H groups in total. The molecule has 0 saturated carbocycles. The number of benzene rings is 1. The van der Waals surface area contributed by atoms with Crippen molar-refractivity contribution >= 4 is 22.6 Å². The van der Waals surface area contributed by atoms with Crippen LogP contribution in [0.4, 0.5) is 0 Å². The van der Waals surface area contributed by atoms with Gasteiger partial charge in [-0.15, -0.1) is 0 Å². The molecule has 1 aliphatic carbocycles. The molecular weight excluding hydrogens is 325 g/mol. The largest absolute Gasteiger partial charge is 0.390 e. The van der Waals surface area contributed by atoms with Gasteiger partial charge >= 0.3 is 0 Å². The molecule has 92 valence electrons. The second-order valence-corrected chi connectivity index (χ2v) is 6.55. The van der Waals surface area contributed by atoms with E-state index in [1.807, 2.05) is 0 Å². The summed E-state index contributed by atoms with van der Waals surface area (Å²) in [7, 11) is 0. The van der Waals surface area contributed by atoms with Gasteiger partial charge in [0.05, 0.1) is 6.10 Å². The first-order valence-electron chi connectivity index (χ1n) is 6.41. The minimum atomic E-state index is -0.0743. The molecule has 1 aromatic carbocycles. The molecule has 17 heavy (non-hydrogen) atoms. The summed E-state index contributed by atoms with van der Waals surface area (Å²) in [6.45, 7) is 2.87. The molecule has 3 rings (SSSR count). The molecule has 1 fully saturated rings. The van der Waals surface area contributed by atoms with Gasteiger partial charge in [-0.2, -0.15) is 0 Å². The molecule has 1 atom stereocenters. The highest BCUT2D eigenvalue weighted by molar-refractivity contribution is 14.1. The van der Waals surface area contributed by atoms with Crippen LogP contribution in [-0.4, -0.2) is 35.7 Å². The highest BCUT2D eigenvalue weighted by atomic mass is 127. The van der Waals surface area contributed by atoms with Crippen molar-refractivity contribution in [2.24, 2.45) is 0 Å². The van der Waals surface area contributed by atoms with Crippen molar-refractivity contribution in [3.05, 3.63) is 32.9 Å². The Bertz CT molecular complexity index is 415. The van der Waals surface area contributed by atoms with Crippen molar-refractivity contribution in [1.29, 1.82) is 0 Å². The average Bonchev–Trinajstić information content (AvgIpc) is 2.27. The molecular formula is C14H18INO. The summed E-state index contributed by atoms with van der Waals surface area (Å²) in [6.07, 6.45) is 3.79. The summed E-state index contributed by atoms with van der Waals surface area (Å²) in [5.41, 5.74) is 3.10. The maximum Gasteiger partial charge on any atom is 0.0793 e. The molecule has 1 heterocycles. The average molecular weight is 343 g/mol. The zero-order valence-corrected chi connectivity index (χ0v) is 12.1. The third kappa shape index (κ3) is 2.51. The van der Waals surface area contributed by atoms with Crippen molar-refractivity contribution in [2.75, 3.05) is 19.6 Å². The van der Waals surface area contributed by atoms with Crippen LogP contribution in [0, 0.1) is 3.57 Å². The van der Waals surface area contributed by atoms with E-state index < -0.39 is 0 Å². The Morgan fingerprint density at radius 2 is 2.18 bits per heavy atom. The minimum Gasteiger partial charge on any atom is -0.390 e. The van der Waals surface area contributed by atoms with Gasteiger partial charge in [-0.3, -0.25) is 4.90 Å². The maximum absolute atomic E-state index is 9.34. The first-order chi connectivity index (χ1) is 8.22. The second kappa shape index (κ2) is 4.86. The highest BCUT2D eigenvalue weighted by Gasteiger charge is 2.29. The molecule has 0 amide bonds. The minimum absolute atomic E-state index is 0.0743. The van der Waals surface area contributed by atoms with Gasteiger partial charge in [0, 0.05) is 23.2 Å². The zero-order valence-electron chi connectivity index (χ0n) is 9.90. The summed E-state index contributed by atoms with van der Waals surface area (Å²) < 4.78 is 1.35. The summed E-state index contributed by atoms with van der Waals surface area (Å²) >= 11 is 2.40. The van der Waals surface area contributed by atoms with Crippen LogP contribution in [0.5, 0.6) is 0 Å². The van der Waals surface area contributed by atoms with E-state index in [0.29, 0.717) is 5.92 Å². The predicted molar refractivity (Wildman–Crippen MR) is 77.3 cm³/mol. The fourth-order valence-electron chi connectivity index (χ4n) is 3.08. The molecule has 0 aromatic heterocycles.